The van der Waals surface area contributed by atoms with Gasteiger partial charge in [0, 0.05) is 4.88 Å². The van der Waals surface area contributed by atoms with E-state index in [1.54, 1.807) is 42.5 Å². The lowest BCUT2D eigenvalue weighted by molar-refractivity contribution is -0.157. The number of benzene rings is 1. The summed E-state index contributed by atoms with van der Waals surface area (Å²) >= 11 is 1.57. The third-order valence-electron chi connectivity index (χ3n) is 4.63. The number of esters is 1. The monoisotopic (exact) mass is 386 g/mol. The molecule has 0 unspecified atom stereocenters. The first-order valence-corrected chi connectivity index (χ1v) is 9.85. The number of hydrogen-bond donors (Lipinski definition) is 2. The van der Waals surface area contributed by atoms with Crippen molar-refractivity contribution in [3.63, 3.8) is 0 Å². The number of carbonyl (C=O) groups is 3. The molecule has 1 heterocycles. The number of thiophene rings is 1. The Bertz CT molecular complexity index is 819. The van der Waals surface area contributed by atoms with Crippen molar-refractivity contribution in [2.45, 2.75) is 26.3 Å². The average molecular weight is 386 g/mol. The van der Waals surface area contributed by atoms with Gasteiger partial charge in [0.1, 0.15) is 0 Å². The highest BCUT2D eigenvalue weighted by atomic mass is 32.1. The van der Waals surface area contributed by atoms with Crippen molar-refractivity contribution in [1.82, 2.24) is 5.32 Å². The number of anilines is 1. The van der Waals surface area contributed by atoms with Crippen molar-refractivity contribution in [3.05, 3.63) is 52.2 Å². The van der Waals surface area contributed by atoms with Gasteiger partial charge in [-0.1, -0.05) is 18.2 Å². The van der Waals surface area contributed by atoms with E-state index in [0.717, 1.165) is 4.88 Å². The summed E-state index contributed by atoms with van der Waals surface area (Å²) in [6.45, 7) is 2.49. The molecule has 1 saturated carbocycles. The molecule has 1 aliphatic carbocycles. The van der Waals surface area contributed by atoms with E-state index < -0.39 is 11.8 Å². The smallest absolute Gasteiger partial charge is 0.309 e. The Balaban J connectivity index is 1.64. The summed E-state index contributed by atoms with van der Waals surface area (Å²) in [4.78, 5) is 38.1. The molecule has 2 atom stereocenters. The molecule has 2 aromatic rings. The zero-order valence-corrected chi connectivity index (χ0v) is 15.9. The Hall–Kier alpha value is -2.67. The molecule has 1 aliphatic rings. The first-order chi connectivity index (χ1) is 13.1. The quantitative estimate of drug-likeness (QED) is 0.716. The molecule has 7 heteroatoms. The zero-order chi connectivity index (χ0) is 19.2. The topological polar surface area (TPSA) is 84.5 Å². The maximum absolute atomic E-state index is 12.6. The van der Waals surface area contributed by atoms with Gasteiger partial charge in [-0.2, -0.15) is 0 Å². The van der Waals surface area contributed by atoms with Gasteiger partial charge in [0.15, 0.2) is 0 Å². The van der Waals surface area contributed by atoms with Gasteiger partial charge in [0.05, 0.1) is 36.2 Å². The standard InChI is InChI=1S/C20H22N2O4S/c1-2-26-20(25)15-10-9-14(15)19(24)22-17-8-4-3-7-16(17)18(23)21-12-13-6-5-11-27-13/h3-8,11,14-15H,2,9-10,12H2,1H3,(H,21,23)(H,22,24)/t14-,15+/m0/s1. The van der Waals surface area contributed by atoms with Gasteiger partial charge in [-0.25, -0.2) is 0 Å². The zero-order valence-electron chi connectivity index (χ0n) is 15.1. The lowest BCUT2D eigenvalue weighted by Gasteiger charge is -2.33. The van der Waals surface area contributed by atoms with E-state index >= 15 is 0 Å². The Labute approximate surface area is 161 Å². The predicted molar refractivity (Wildman–Crippen MR) is 103 cm³/mol. The van der Waals surface area contributed by atoms with Crippen molar-refractivity contribution >= 4 is 34.8 Å². The minimum absolute atomic E-state index is 0.252. The Morgan fingerprint density at radius 2 is 1.89 bits per heavy atom. The minimum Gasteiger partial charge on any atom is -0.466 e. The fourth-order valence-electron chi connectivity index (χ4n) is 3.04. The number of rotatable bonds is 7. The van der Waals surface area contributed by atoms with Crippen LogP contribution in [0.3, 0.4) is 0 Å². The van der Waals surface area contributed by atoms with E-state index in [1.807, 2.05) is 17.5 Å². The molecular weight excluding hydrogens is 364 g/mol. The van der Waals surface area contributed by atoms with E-state index in [9.17, 15) is 14.4 Å². The number of hydrogen-bond acceptors (Lipinski definition) is 5. The first kappa shape index (κ1) is 19.1. The van der Waals surface area contributed by atoms with Gasteiger partial charge in [-0.15, -0.1) is 11.3 Å². The van der Waals surface area contributed by atoms with E-state index in [4.69, 9.17) is 4.74 Å². The summed E-state index contributed by atoms with van der Waals surface area (Å²) < 4.78 is 5.02. The van der Waals surface area contributed by atoms with Crippen LogP contribution in [0.1, 0.15) is 35.0 Å². The summed E-state index contributed by atoms with van der Waals surface area (Å²) in [5, 5.41) is 7.62. The van der Waals surface area contributed by atoms with E-state index in [1.165, 1.54) is 0 Å². The molecule has 27 heavy (non-hydrogen) atoms. The molecule has 2 amide bonds. The molecule has 6 nitrogen and oxygen atoms in total. The van der Waals surface area contributed by atoms with Crippen LogP contribution in [-0.4, -0.2) is 24.4 Å². The van der Waals surface area contributed by atoms with Gasteiger partial charge in [-0.05, 0) is 43.3 Å². The van der Waals surface area contributed by atoms with E-state index in [0.29, 0.717) is 37.2 Å². The number of nitrogens with one attached hydrogen (secondary N) is 2. The van der Waals surface area contributed by atoms with E-state index in [2.05, 4.69) is 10.6 Å². The predicted octanol–water partition coefficient (Wildman–Crippen LogP) is 3.21. The summed E-state index contributed by atoms with van der Waals surface area (Å²) in [5.74, 6) is -1.64. The molecule has 142 valence electrons. The molecule has 0 radical (unpaired) electrons. The Kier molecular flexibility index (Phi) is 6.24. The lowest BCUT2D eigenvalue weighted by atomic mass is 9.73. The number of carbonyl (C=O) groups excluding carboxylic acids is 3. The largest absolute Gasteiger partial charge is 0.466 e. The van der Waals surface area contributed by atoms with Crippen molar-refractivity contribution < 1.29 is 19.1 Å². The highest BCUT2D eigenvalue weighted by molar-refractivity contribution is 7.09. The molecular formula is C20H22N2O4S. The normalized spacial score (nSPS) is 18.3. The van der Waals surface area contributed by atoms with E-state index in [-0.39, 0.29) is 17.8 Å². The van der Waals surface area contributed by atoms with Gasteiger partial charge in [0.2, 0.25) is 5.91 Å². The SMILES string of the molecule is CCOC(=O)[C@@H]1CC[C@@H]1C(=O)Nc1ccccc1C(=O)NCc1cccs1. The second-order valence-corrected chi connectivity index (χ2v) is 7.37. The molecule has 0 bridgehead atoms. The van der Waals surface area contributed by atoms with Gasteiger partial charge >= 0.3 is 5.97 Å². The molecule has 1 fully saturated rings. The van der Waals surface area contributed by atoms with Crippen molar-refractivity contribution in [3.8, 4) is 0 Å². The molecule has 3 rings (SSSR count). The maximum atomic E-state index is 12.6. The first-order valence-electron chi connectivity index (χ1n) is 8.97. The number of para-hydroxylation sites is 1. The summed E-state index contributed by atoms with van der Waals surface area (Å²) in [6, 6.07) is 10.7. The van der Waals surface area contributed by atoms with Crippen molar-refractivity contribution in [2.75, 3.05) is 11.9 Å². The van der Waals surface area contributed by atoms with Crippen LogP contribution in [0, 0.1) is 11.8 Å². The highest BCUT2D eigenvalue weighted by Crippen LogP contribution is 2.36. The summed E-state index contributed by atoms with van der Waals surface area (Å²) in [6.07, 6.45) is 1.29. The van der Waals surface area contributed by atoms with Crippen LogP contribution in [-0.2, 0) is 20.9 Å². The van der Waals surface area contributed by atoms with Crippen LogP contribution in [0.2, 0.25) is 0 Å². The highest BCUT2D eigenvalue weighted by Gasteiger charge is 2.42. The third-order valence-corrected chi connectivity index (χ3v) is 5.51. The van der Waals surface area contributed by atoms with Crippen LogP contribution < -0.4 is 10.6 Å². The van der Waals surface area contributed by atoms with Crippen LogP contribution in [0.15, 0.2) is 41.8 Å². The fourth-order valence-corrected chi connectivity index (χ4v) is 3.68. The molecule has 1 aromatic carbocycles. The van der Waals surface area contributed by atoms with Crippen molar-refractivity contribution in [1.29, 1.82) is 0 Å². The van der Waals surface area contributed by atoms with Gasteiger partial charge < -0.3 is 15.4 Å². The molecule has 0 spiro atoms. The molecule has 0 aliphatic heterocycles. The Morgan fingerprint density at radius 3 is 2.56 bits per heavy atom. The van der Waals surface area contributed by atoms with Crippen LogP contribution in [0.4, 0.5) is 5.69 Å². The second-order valence-electron chi connectivity index (χ2n) is 6.34. The Morgan fingerprint density at radius 1 is 1.11 bits per heavy atom. The maximum Gasteiger partial charge on any atom is 0.309 e. The van der Waals surface area contributed by atoms with Crippen LogP contribution >= 0.6 is 11.3 Å². The summed E-state index contributed by atoms with van der Waals surface area (Å²) in [5.41, 5.74) is 0.843. The molecule has 0 saturated heterocycles. The number of amides is 2. The third kappa shape index (κ3) is 4.54. The summed E-state index contributed by atoms with van der Waals surface area (Å²) in [7, 11) is 0. The second kappa shape index (κ2) is 8.81. The lowest BCUT2D eigenvalue weighted by Crippen LogP contribution is -2.42. The minimum atomic E-state index is -0.411. The van der Waals surface area contributed by atoms with Crippen LogP contribution in [0.25, 0.3) is 0 Å². The number of ether oxygens (including phenoxy) is 1. The van der Waals surface area contributed by atoms with Crippen LogP contribution in [0.5, 0.6) is 0 Å². The van der Waals surface area contributed by atoms with Gasteiger partial charge in [-0.3, -0.25) is 14.4 Å². The van der Waals surface area contributed by atoms with Gasteiger partial charge in [0.25, 0.3) is 5.91 Å². The molecule has 1 aromatic heterocycles. The molecule has 2 N–H and O–H groups in total. The average Bonchev–Trinajstić information content (AvgIpc) is 3.13. The fraction of sp³-hybridized carbons (Fsp3) is 0.350. The van der Waals surface area contributed by atoms with Crippen molar-refractivity contribution in [2.24, 2.45) is 11.8 Å².